The van der Waals surface area contributed by atoms with E-state index in [9.17, 15) is 10.1 Å². The third-order valence-electron chi connectivity index (χ3n) is 4.53. The quantitative estimate of drug-likeness (QED) is 0.817. The van der Waals surface area contributed by atoms with Crippen molar-refractivity contribution in [2.24, 2.45) is 16.8 Å². The number of nitrogens with zero attached hydrogens (tertiary/aromatic N) is 2. The summed E-state index contributed by atoms with van der Waals surface area (Å²) in [5, 5.41) is 10.6. The Morgan fingerprint density at radius 2 is 2.09 bits per heavy atom. The van der Waals surface area contributed by atoms with Gasteiger partial charge >= 0.3 is 0 Å². The Labute approximate surface area is 141 Å². The van der Waals surface area contributed by atoms with Gasteiger partial charge in [-0.2, -0.15) is 5.26 Å². The maximum Gasteiger partial charge on any atom is 0.142 e. The first kappa shape index (κ1) is 16.0. The average molecular weight is 324 g/mol. The molecular formula is C19H20N2OS. The molecule has 3 rings (SSSR count). The van der Waals surface area contributed by atoms with Crippen LogP contribution in [-0.2, 0) is 4.79 Å². The second-order valence-electron chi connectivity index (χ2n) is 6.04. The molecule has 23 heavy (non-hydrogen) atoms. The molecule has 118 valence electrons. The van der Waals surface area contributed by atoms with Crippen LogP contribution in [0.3, 0.4) is 0 Å². The van der Waals surface area contributed by atoms with Gasteiger partial charge in [0.15, 0.2) is 0 Å². The molecule has 1 aromatic carbocycles. The highest BCUT2D eigenvalue weighted by Gasteiger charge is 2.44. The lowest BCUT2D eigenvalue weighted by atomic mass is 9.70. The van der Waals surface area contributed by atoms with E-state index < -0.39 is 0 Å². The number of hydrogen-bond donors (Lipinski definition) is 0. The maximum atomic E-state index is 12.6. The lowest BCUT2D eigenvalue weighted by molar-refractivity contribution is -0.123. The van der Waals surface area contributed by atoms with Crippen molar-refractivity contribution < 1.29 is 4.79 Å². The molecule has 1 heterocycles. The van der Waals surface area contributed by atoms with Crippen LogP contribution >= 0.6 is 11.8 Å². The number of allylic oxidation sites excluding steroid dienone is 2. The number of carbonyl (C=O) groups excluding carboxylic acids is 1. The van der Waals surface area contributed by atoms with E-state index in [1.807, 2.05) is 6.92 Å². The molecule has 0 saturated heterocycles. The van der Waals surface area contributed by atoms with Crippen LogP contribution in [0.1, 0.15) is 36.8 Å². The Bertz CT molecular complexity index is 712. The van der Waals surface area contributed by atoms with Crippen LogP contribution in [0.25, 0.3) is 0 Å². The number of thioether (sulfide) groups is 1. The summed E-state index contributed by atoms with van der Waals surface area (Å²) in [5.74, 6) is 0.372. The molecule has 3 atom stereocenters. The van der Waals surface area contributed by atoms with E-state index in [4.69, 9.17) is 0 Å². The minimum Gasteiger partial charge on any atom is -0.299 e. The van der Waals surface area contributed by atoms with E-state index >= 15 is 0 Å². The van der Waals surface area contributed by atoms with E-state index in [1.54, 1.807) is 11.8 Å². The van der Waals surface area contributed by atoms with Gasteiger partial charge in [-0.05, 0) is 24.7 Å². The zero-order chi connectivity index (χ0) is 16.4. The van der Waals surface area contributed by atoms with Gasteiger partial charge < -0.3 is 0 Å². The van der Waals surface area contributed by atoms with Gasteiger partial charge in [-0.15, -0.1) is 11.8 Å². The number of benzene rings is 1. The Hall–Kier alpha value is -1.86. The first-order valence-electron chi connectivity index (χ1n) is 8.06. The molecule has 0 N–H and O–H groups in total. The third kappa shape index (κ3) is 2.98. The molecule has 4 heteroatoms. The fraction of sp³-hybridized carbons (Fsp3) is 0.421. The third-order valence-corrected chi connectivity index (χ3v) is 5.46. The number of fused-ring (bicyclic) bond motifs is 1. The lowest BCUT2D eigenvalue weighted by Crippen LogP contribution is -2.37. The number of ketones is 1. The van der Waals surface area contributed by atoms with Gasteiger partial charge in [-0.3, -0.25) is 4.79 Å². The molecule has 0 radical (unpaired) electrons. The predicted molar refractivity (Wildman–Crippen MR) is 94.4 cm³/mol. The first-order chi connectivity index (χ1) is 11.2. The lowest BCUT2D eigenvalue weighted by Gasteiger charge is -2.36. The monoisotopic (exact) mass is 324 g/mol. The van der Waals surface area contributed by atoms with Crippen LogP contribution in [0.5, 0.6) is 0 Å². The van der Waals surface area contributed by atoms with Gasteiger partial charge in [0.25, 0.3) is 0 Å². The van der Waals surface area contributed by atoms with Crippen LogP contribution in [0.15, 0.2) is 41.0 Å². The zero-order valence-corrected chi connectivity index (χ0v) is 14.3. The largest absolute Gasteiger partial charge is 0.299 e. The normalized spacial score (nSPS) is 26.8. The van der Waals surface area contributed by atoms with Crippen LogP contribution in [0.4, 0.5) is 0 Å². The summed E-state index contributed by atoms with van der Waals surface area (Å²) in [4.78, 5) is 17.3. The van der Waals surface area contributed by atoms with Crippen LogP contribution in [0, 0.1) is 30.1 Å². The van der Waals surface area contributed by atoms with Crippen molar-refractivity contribution in [3.8, 4) is 6.07 Å². The van der Waals surface area contributed by atoms with Gasteiger partial charge in [0.05, 0.1) is 17.0 Å². The second kappa shape index (κ2) is 6.72. The molecule has 1 aromatic rings. The highest BCUT2D eigenvalue weighted by Crippen LogP contribution is 2.46. The van der Waals surface area contributed by atoms with Crippen molar-refractivity contribution in [1.82, 2.24) is 0 Å². The summed E-state index contributed by atoms with van der Waals surface area (Å²) in [6, 6.07) is 10.7. The molecule has 3 nitrogen and oxygen atoms in total. The Morgan fingerprint density at radius 1 is 1.35 bits per heavy atom. The van der Waals surface area contributed by atoms with E-state index in [0.717, 1.165) is 28.5 Å². The van der Waals surface area contributed by atoms with E-state index in [2.05, 4.69) is 48.3 Å². The highest BCUT2D eigenvalue weighted by molar-refractivity contribution is 8.14. The molecule has 0 fully saturated rings. The summed E-state index contributed by atoms with van der Waals surface area (Å²) in [5.41, 5.74) is 3.12. The molecule has 0 bridgehead atoms. The summed E-state index contributed by atoms with van der Waals surface area (Å²) in [6.45, 7) is 4.11. The van der Waals surface area contributed by atoms with E-state index in [-0.39, 0.29) is 23.5 Å². The van der Waals surface area contributed by atoms with Crippen molar-refractivity contribution in [3.05, 3.63) is 47.2 Å². The smallest absolute Gasteiger partial charge is 0.142 e. The molecule has 0 spiro atoms. The van der Waals surface area contributed by atoms with Gasteiger partial charge in [-0.1, -0.05) is 42.8 Å². The van der Waals surface area contributed by atoms with Gasteiger partial charge in [0.1, 0.15) is 11.7 Å². The molecule has 0 saturated carbocycles. The number of rotatable bonds is 2. The van der Waals surface area contributed by atoms with Gasteiger partial charge in [0, 0.05) is 18.0 Å². The Morgan fingerprint density at radius 3 is 2.74 bits per heavy atom. The summed E-state index contributed by atoms with van der Waals surface area (Å²) in [7, 11) is 0. The van der Waals surface area contributed by atoms with Crippen molar-refractivity contribution in [2.75, 3.05) is 5.75 Å². The fourth-order valence-corrected chi connectivity index (χ4v) is 4.28. The number of aryl methyl sites for hydroxylation is 1. The zero-order valence-electron chi connectivity index (χ0n) is 13.5. The summed E-state index contributed by atoms with van der Waals surface area (Å²) in [6.07, 6.45) is 3.40. The number of nitriles is 1. The molecule has 1 unspecified atom stereocenters. The second-order valence-corrected chi connectivity index (χ2v) is 7.32. The Balaban J connectivity index is 2.12. The van der Waals surface area contributed by atoms with Crippen LogP contribution in [0.2, 0.25) is 0 Å². The standard InChI is InChI=1S/C19H20N2OS/c1-3-23-19-14(11-20)17(13-9-7-12(2)8-10-13)18-15(21-19)5-4-6-16(18)22/h5,7-10,14,17-18H,3-4,6H2,1-2H3/t14?,17-,18+/m0/s1. The minimum atomic E-state index is -0.341. The predicted octanol–water partition coefficient (Wildman–Crippen LogP) is 4.25. The van der Waals surface area contributed by atoms with Crippen LogP contribution in [-0.4, -0.2) is 16.6 Å². The first-order valence-corrected chi connectivity index (χ1v) is 9.04. The molecule has 1 aliphatic heterocycles. The van der Waals surface area contributed by atoms with Crippen molar-refractivity contribution in [2.45, 2.75) is 32.6 Å². The van der Waals surface area contributed by atoms with Crippen molar-refractivity contribution >= 4 is 22.6 Å². The van der Waals surface area contributed by atoms with E-state index in [0.29, 0.717) is 6.42 Å². The van der Waals surface area contributed by atoms with Crippen LogP contribution < -0.4 is 0 Å². The minimum absolute atomic E-state index is 0.119. The van der Waals surface area contributed by atoms with Crippen molar-refractivity contribution in [3.63, 3.8) is 0 Å². The number of Topliss-reactive ketones (excluding diaryl/α,β-unsaturated/α-hetero) is 1. The summed E-state index contributed by atoms with van der Waals surface area (Å²) >= 11 is 1.62. The molecule has 1 aliphatic carbocycles. The Kier molecular flexibility index (Phi) is 4.68. The topological polar surface area (TPSA) is 53.2 Å². The molecule has 0 aromatic heterocycles. The number of aliphatic imine (C=N–C) groups is 1. The van der Waals surface area contributed by atoms with Gasteiger partial charge in [-0.25, -0.2) is 4.99 Å². The maximum absolute atomic E-state index is 12.6. The number of carbonyl (C=O) groups is 1. The average Bonchev–Trinajstić information content (AvgIpc) is 2.55. The highest BCUT2D eigenvalue weighted by atomic mass is 32.2. The SMILES string of the molecule is CCSC1=NC2=CCCC(=O)[C@@H]2[C@@H](c2ccc(C)cc2)C1C#N. The van der Waals surface area contributed by atoms with Crippen molar-refractivity contribution in [1.29, 1.82) is 5.26 Å². The molecular weight excluding hydrogens is 304 g/mol. The molecule has 2 aliphatic rings. The fourth-order valence-electron chi connectivity index (χ4n) is 3.43. The molecule has 0 amide bonds. The number of hydrogen-bond acceptors (Lipinski definition) is 4. The van der Waals surface area contributed by atoms with Gasteiger partial charge in [0.2, 0.25) is 0 Å². The van der Waals surface area contributed by atoms with E-state index in [1.165, 1.54) is 5.56 Å². The summed E-state index contributed by atoms with van der Waals surface area (Å²) < 4.78 is 0.